The number of rotatable bonds is 6. The lowest BCUT2D eigenvalue weighted by Crippen LogP contribution is -2.50. The molecule has 1 fully saturated rings. The monoisotopic (exact) mass is 398 g/mol. The molecule has 0 radical (unpaired) electrons. The molecule has 2 rings (SSSR count). The third-order valence-electron chi connectivity index (χ3n) is 4.31. The van der Waals surface area contributed by atoms with Crippen molar-refractivity contribution in [3.8, 4) is 5.75 Å². The van der Waals surface area contributed by atoms with Crippen LogP contribution in [0, 0.1) is 0 Å². The third-order valence-corrected chi connectivity index (χ3v) is 5.63. The van der Waals surface area contributed by atoms with Crippen molar-refractivity contribution in [2.24, 2.45) is 0 Å². The highest BCUT2D eigenvalue weighted by Gasteiger charge is 2.31. The molecule has 7 nitrogen and oxygen atoms in total. The van der Waals surface area contributed by atoms with E-state index in [1.807, 2.05) is 20.8 Å². The van der Waals surface area contributed by atoms with E-state index in [2.05, 4.69) is 4.72 Å². The van der Waals surface area contributed by atoms with E-state index in [1.165, 1.54) is 0 Å². The third kappa shape index (κ3) is 7.03. The summed E-state index contributed by atoms with van der Waals surface area (Å²) in [6, 6.07) is 6.73. The number of likely N-dealkylation sites (tertiary alicyclic amines) is 1. The fourth-order valence-electron chi connectivity index (χ4n) is 2.99. The second-order valence-electron chi connectivity index (χ2n) is 7.78. The van der Waals surface area contributed by atoms with Crippen molar-refractivity contribution in [3.63, 3.8) is 0 Å². The minimum atomic E-state index is -3.51. The van der Waals surface area contributed by atoms with Gasteiger partial charge in [0.25, 0.3) is 0 Å². The van der Waals surface area contributed by atoms with Crippen LogP contribution in [0.4, 0.5) is 4.79 Å². The molecule has 1 N–H and O–H groups in total. The van der Waals surface area contributed by atoms with Crippen LogP contribution in [0.3, 0.4) is 0 Å². The molecule has 8 heteroatoms. The van der Waals surface area contributed by atoms with Crippen LogP contribution < -0.4 is 9.46 Å². The highest BCUT2D eigenvalue weighted by Crippen LogP contribution is 2.20. The summed E-state index contributed by atoms with van der Waals surface area (Å²) in [4.78, 5) is 14.1. The Morgan fingerprint density at radius 2 is 1.89 bits per heavy atom. The number of hydrogen-bond donors (Lipinski definition) is 1. The topological polar surface area (TPSA) is 84.9 Å². The highest BCUT2D eigenvalue weighted by atomic mass is 32.2. The van der Waals surface area contributed by atoms with Gasteiger partial charge in [0.2, 0.25) is 10.0 Å². The van der Waals surface area contributed by atoms with Crippen LogP contribution in [0.1, 0.15) is 45.6 Å². The standard InChI is InChI=1S/C19H30N2O5S/c1-19(2,3)26-18(22)21-12-6-5-7-16(21)13-20-27(23,24)14-15-8-10-17(25-4)11-9-15/h8-11,16,20H,5-7,12-14H2,1-4H3. The van der Waals surface area contributed by atoms with Gasteiger partial charge >= 0.3 is 6.09 Å². The quantitative estimate of drug-likeness (QED) is 0.796. The number of sulfonamides is 1. The summed E-state index contributed by atoms with van der Waals surface area (Å²) >= 11 is 0. The van der Waals surface area contributed by atoms with Crippen LogP contribution in [0.25, 0.3) is 0 Å². The molecule has 1 aliphatic heterocycles. The second-order valence-corrected chi connectivity index (χ2v) is 9.59. The minimum Gasteiger partial charge on any atom is -0.497 e. The zero-order valence-electron chi connectivity index (χ0n) is 16.5. The van der Waals surface area contributed by atoms with Gasteiger partial charge in [0, 0.05) is 19.1 Å². The molecule has 152 valence electrons. The first kappa shape index (κ1) is 21.5. The second kappa shape index (κ2) is 8.93. The lowest BCUT2D eigenvalue weighted by atomic mass is 10.0. The summed E-state index contributed by atoms with van der Waals surface area (Å²) in [5.74, 6) is 0.565. The molecule has 0 aliphatic carbocycles. The SMILES string of the molecule is COc1ccc(CS(=O)(=O)NCC2CCCCN2C(=O)OC(C)(C)C)cc1. The Balaban J connectivity index is 1.95. The lowest BCUT2D eigenvalue weighted by molar-refractivity contribution is 0.0105. The van der Waals surface area contributed by atoms with E-state index >= 15 is 0 Å². The van der Waals surface area contributed by atoms with Crippen molar-refractivity contribution in [3.05, 3.63) is 29.8 Å². The zero-order chi connectivity index (χ0) is 20.1. The predicted molar refractivity (Wildman–Crippen MR) is 104 cm³/mol. The number of amides is 1. The van der Waals surface area contributed by atoms with E-state index in [9.17, 15) is 13.2 Å². The normalized spacial score (nSPS) is 18.2. The first-order valence-corrected chi connectivity index (χ1v) is 10.8. The predicted octanol–water partition coefficient (Wildman–Crippen LogP) is 2.90. The summed E-state index contributed by atoms with van der Waals surface area (Å²) in [5.41, 5.74) is 0.100. The number of carbonyl (C=O) groups excluding carboxylic acids is 1. The number of nitrogens with one attached hydrogen (secondary N) is 1. The molecule has 1 amide bonds. The molecule has 0 spiro atoms. The largest absolute Gasteiger partial charge is 0.497 e. The first-order valence-electron chi connectivity index (χ1n) is 9.19. The molecule has 1 atom stereocenters. The maximum atomic E-state index is 12.4. The van der Waals surface area contributed by atoms with Gasteiger partial charge in [-0.1, -0.05) is 12.1 Å². The molecule has 0 bridgehead atoms. The Morgan fingerprint density at radius 3 is 2.48 bits per heavy atom. The Hall–Kier alpha value is -1.80. The van der Waals surface area contributed by atoms with Gasteiger partial charge in [0.05, 0.1) is 12.9 Å². The van der Waals surface area contributed by atoms with Crippen molar-refractivity contribution >= 4 is 16.1 Å². The molecule has 0 aromatic heterocycles. The smallest absolute Gasteiger partial charge is 0.410 e. The van der Waals surface area contributed by atoms with E-state index in [-0.39, 0.29) is 24.4 Å². The Kier molecular flexibility index (Phi) is 7.11. The highest BCUT2D eigenvalue weighted by molar-refractivity contribution is 7.88. The molecule has 1 unspecified atom stereocenters. The lowest BCUT2D eigenvalue weighted by Gasteiger charge is -2.36. The van der Waals surface area contributed by atoms with Gasteiger partial charge in [-0.05, 0) is 57.7 Å². The van der Waals surface area contributed by atoms with Crippen LogP contribution in [-0.4, -0.2) is 51.3 Å². The number of piperidine rings is 1. The molecule has 1 heterocycles. The number of benzene rings is 1. The van der Waals surface area contributed by atoms with Crippen LogP contribution in [0.15, 0.2) is 24.3 Å². The van der Waals surface area contributed by atoms with Crippen molar-refractivity contribution in [1.82, 2.24) is 9.62 Å². The van der Waals surface area contributed by atoms with Gasteiger partial charge in [-0.15, -0.1) is 0 Å². The van der Waals surface area contributed by atoms with Gasteiger partial charge in [0.1, 0.15) is 11.4 Å². The fraction of sp³-hybridized carbons (Fsp3) is 0.632. The van der Waals surface area contributed by atoms with Crippen molar-refractivity contribution in [2.75, 3.05) is 20.2 Å². The van der Waals surface area contributed by atoms with E-state index in [1.54, 1.807) is 36.3 Å². The molecule has 1 aromatic carbocycles. The average Bonchev–Trinajstić information content (AvgIpc) is 2.59. The van der Waals surface area contributed by atoms with Gasteiger partial charge in [-0.25, -0.2) is 17.9 Å². The number of carbonyl (C=O) groups is 1. The number of nitrogens with zero attached hydrogens (tertiary/aromatic N) is 1. The summed E-state index contributed by atoms with van der Waals surface area (Å²) in [6.07, 6.45) is 2.23. The van der Waals surface area contributed by atoms with Crippen LogP contribution in [0.2, 0.25) is 0 Å². The van der Waals surface area contributed by atoms with E-state index in [0.29, 0.717) is 17.9 Å². The summed E-state index contributed by atoms with van der Waals surface area (Å²) in [7, 11) is -1.94. The fourth-order valence-corrected chi connectivity index (χ4v) is 4.17. The molecule has 1 aromatic rings. The Labute approximate surface area is 162 Å². The molecule has 0 saturated carbocycles. The van der Waals surface area contributed by atoms with Crippen LogP contribution >= 0.6 is 0 Å². The maximum Gasteiger partial charge on any atom is 0.410 e. The van der Waals surface area contributed by atoms with Crippen molar-refractivity contribution in [2.45, 2.75) is 57.4 Å². The van der Waals surface area contributed by atoms with Crippen LogP contribution in [-0.2, 0) is 20.5 Å². The number of methoxy groups -OCH3 is 1. The van der Waals surface area contributed by atoms with Gasteiger partial charge in [-0.3, -0.25) is 0 Å². The number of hydrogen-bond acceptors (Lipinski definition) is 5. The van der Waals surface area contributed by atoms with Crippen molar-refractivity contribution < 1.29 is 22.7 Å². The molecular formula is C19H30N2O5S. The zero-order valence-corrected chi connectivity index (χ0v) is 17.3. The summed E-state index contributed by atoms with van der Waals surface area (Å²) in [5, 5.41) is 0. The average molecular weight is 399 g/mol. The number of ether oxygens (including phenoxy) is 2. The van der Waals surface area contributed by atoms with E-state index < -0.39 is 15.6 Å². The molecular weight excluding hydrogens is 368 g/mol. The summed E-state index contributed by atoms with van der Waals surface area (Å²) in [6.45, 7) is 6.24. The Morgan fingerprint density at radius 1 is 1.22 bits per heavy atom. The van der Waals surface area contributed by atoms with Gasteiger partial charge < -0.3 is 14.4 Å². The molecule has 1 saturated heterocycles. The summed E-state index contributed by atoms with van der Waals surface area (Å²) < 4.78 is 38.0. The van der Waals surface area contributed by atoms with E-state index in [4.69, 9.17) is 9.47 Å². The van der Waals surface area contributed by atoms with Crippen LogP contribution in [0.5, 0.6) is 5.75 Å². The molecule has 27 heavy (non-hydrogen) atoms. The van der Waals surface area contributed by atoms with Crippen molar-refractivity contribution in [1.29, 1.82) is 0 Å². The Bertz CT molecular complexity index is 725. The van der Waals surface area contributed by atoms with E-state index in [0.717, 1.165) is 19.3 Å². The van der Waals surface area contributed by atoms with Gasteiger partial charge in [0.15, 0.2) is 0 Å². The first-order chi connectivity index (χ1) is 12.6. The minimum absolute atomic E-state index is 0.115. The van der Waals surface area contributed by atoms with Gasteiger partial charge in [-0.2, -0.15) is 0 Å². The molecule has 1 aliphatic rings. The maximum absolute atomic E-state index is 12.4.